The maximum Gasteiger partial charge on any atom is 0.315 e. The fourth-order valence-corrected chi connectivity index (χ4v) is 11.5. The molecule has 0 spiro atoms. The molecule has 38 heavy (non-hydrogen) atoms. The summed E-state index contributed by atoms with van der Waals surface area (Å²) < 4.78 is 6.80. The zero-order valence-corrected chi connectivity index (χ0v) is 26.3. The first-order valence-corrected chi connectivity index (χ1v) is 16.0. The average molecular weight is 539 g/mol. The van der Waals surface area contributed by atoms with E-state index in [9.17, 15) is 9.59 Å². The van der Waals surface area contributed by atoms with Gasteiger partial charge in [0.15, 0.2) is 0 Å². The van der Waals surface area contributed by atoms with Gasteiger partial charge in [-0.25, -0.2) is 0 Å². The molecule has 0 bridgehead atoms. The SMILES string of the molecule is CN[C@@H](Cc1ccccc1)C(=O)N(C)[C@@H](Cc1ccccc1)C(=O)O[Si](CC(C)C)(C(C)(C)C)C(C)(C)C. The lowest BCUT2D eigenvalue weighted by Gasteiger charge is -2.51. The van der Waals surface area contributed by atoms with Gasteiger partial charge in [-0.15, -0.1) is 0 Å². The number of nitrogens with one attached hydrogen (secondary N) is 1. The van der Waals surface area contributed by atoms with Crippen molar-refractivity contribution >= 4 is 20.2 Å². The van der Waals surface area contributed by atoms with Gasteiger partial charge in [-0.2, -0.15) is 0 Å². The van der Waals surface area contributed by atoms with Crippen LogP contribution in [0.3, 0.4) is 0 Å². The van der Waals surface area contributed by atoms with Crippen LogP contribution in [0.2, 0.25) is 16.1 Å². The molecule has 2 aromatic carbocycles. The maximum absolute atomic E-state index is 14.3. The van der Waals surface area contributed by atoms with Gasteiger partial charge in [-0.1, -0.05) is 116 Å². The highest BCUT2D eigenvalue weighted by molar-refractivity contribution is 6.80. The van der Waals surface area contributed by atoms with Gasteiger partial charge >= 0.3 is 5.97 Å². The summed E-state index contributed by atoms with van der Waals surface area (Å²) in [5, 5.41) is 2.83. The third-order valence-corrected chi connectivity index (χ3v) is 14.5. The number of carbonyl (C=O) groups excluding carboxylic acids is 2. The molecule has 0 aliphatic rings. The minimum absolute atomic E-state index is 0.114. The Bertz CT molecular complexity index is 1010. The zero-order valence-electron chi connectivity index (χ0n) is 25.3. The first-order chi connectivity index (χ1) is 17.6. The molecule has 0 aromatic heterocycles. The smallest absolute Gasteiger partial charge is 0.315 e. The molecule has 1 N–H and O–H groups in total. The van der Waals surface area contributed by atoms with Gasteiger partial charge in [0.05, 0.1) is 6.04 Å². The van der Waals surface area contributed by atoms with E-state index in [-0.39, 0.29) is 22.0 Å². The van der Waals surface area contributed by atoms with Crippen LogP contribution in [0.4, 0.5) is 0 Å². The van der Waals surface area contributed by atoms with E-state index in [2.05, 4.69) is 60.7 Å². The van der Waals surface area contributed by atoms with Crippen LogP contribution in [-0.4, -0.2) is 51.3 Å². The Morgan fingerprint density at radius 1 is 0.842 bits per heavy atom. The minimum atomic E-state index is -2.69. The molecule has 2 aromatic rings. The Morgan fingerprint density at radius 2 is 1.29 bits per heavy atom. The van der Waals surface area contributed by atoms with Crippen molar-refractivity contribution in [1.82, 2.24) is 10.2 Å². The van der Waals surface area contributed by atoms with E-state index >= 15 is 0 Å². The Morgan fingerprint density at radius 3 is 1.68 bits per heavy atom. The second-order valence-corrected chi connectivity index (χ2v) is 18.3. The third kappa shape index (κ3) is 7.79. The molecule has 210 valence electrons. The molecule has 0 aliphatic heterocycles. The van der Waals surface area contributed by atoms with Gasteiger partial charge in [-0.05, 0) is 46.6 Å². The predicted octanol–water partition coefficient (Wildman–Crippen LogP) is 6.63. The molecule has 0 saturated carbocycles. The van der Waals surface area contributed by atoms with Gasteiger partial charge in [0.1, 0.15) is 6.04 Å². The van der Waals surface area contributed by atoms with Crippen LogP contribution in [-0.2, 0) is 26.9 Å². The Balaban J connectivity index is 2.48. The number of amides is 1. The maximum atomic E-state index is 14.3. The van der Waals surface area contributed by atoms with Crippen LogP contribution >= 0.6 is 0 Å². The minimum Gasteiger partial charge on any atom is -0.516 e. The number of hydrogen-bond donors (Lipinski definition) is 1. The summed E-state index contributed by atoms with van der Waals surface area (Å²) in [6, 6.07) is 19.6. The lowest BCUT2D eigenvalue weighted by atomic mass is 10.0. The fraction of sp³-hybridized carbons (Fsp3) is 0.562. The van der Waals surface area contributed by atoms with E-state index in [1.54, 1.807) is 19.0 Å². The molecule has 1 amide bonds. The molecule has 2 rings (SSSR count). The summed E-state index contributed by atoms with van der Waals surface area (Å²) in [6.07, 6.45) is 0.952. The van der Waals surface area contributed by atoms with E-state index < -0.39 is 20.4 Å². The van der Waals surface area contributed by atoms with Crippen LogP contribution in [0.5, 0.6) is 0 Å². The van der Waals surface area contributed by atoms with Crippen LogP contribution in [0.15, 0.2) is 60.7 Å². The molecular weight excluding hydrogens is 488 g/mol. The normalized spacial score (nSPS) is 14.2. The van der Waals surface area contributed by atoms with Gasteiger partial charge < -0.3 is 14.6 Å². The predicted molar refractivity (Wildman–Crippen MR) is 161 cm³/mol. The lowest BCUT2D eigenvalue weighted by molar-refractivity contribution is -0.149. The van der Waals surface area contributed by atoms with Crippen molar-refractivity contribution in [3.8, 4) is 0 Å². The van der Waals surface area contributed by atoms with E-state index in [4.69, 9.17) is 4.43 Å². The number of likely N-dealkylation sites (N-methyl/N-ethyl adjacent to an activating group) is 2. The fourth-order valence-electron chi connectivity index (χ4n) is 5.68. The summed E-state index contributed by atoms with van der Waals surface area (Å²) in [5.41, 5.74) is 2.07. The molecule has 2 atom stereocenters. The van der Waals surface area contributed by atoms with Crippen molar-refractivity contribution in [3.05, 3.63) is 71.8 Å². The number of nitrogens with zero attached hydrogens (tertiary/aromatic N) is 1. The molecule has 0 aliphatic carbocycles. The molecule has 0 fully saturated rings. The zero-order chi connectivity index (χ0) is 28.7. The number of carbonyl (C=O) groups is 2. The molecule has 0 saturated heterocycles. The number of hydrogen-bond acceptors (Lipinski definition) is 4. The molecular formula is C32H50N2O3Si. The number of rotatable bonds is 11. The first-order valence-electron chi connectivity index (χ1n) is 13.9. The highest BCUT2D eigenvalue weighted by Gasteiger charge is 2.58. The summed E-state index contributed by atoms with van der Waals surface area (Å²) in [7, 11) is 0.853. The van der Waals surface area contributed by atoms with Crippen molar-refractivity contribution in [2.24, 2.45) is 5.92 Å². The van der Waals surface area contributed by atoms with Crippen molar-refractivity contribution in [3.63, 3.8) is 0 Å². The molecule has 6 heteroatoms. The molecule has 5 nitrogen and oxygen atoms in total. The molecule has 0 radical (unpaired) electrons. The van der Waals surface area contributed by atoms with Gasteiger partial charge in [-0.3, -0.25) is 9.59 Å². The Kier molecular flexibility index (Phi) is 10.9. The van der Waals surface area contributed by atoms with Crippen LogP contribution in [0.25, 0.3) is 0 Å². The topological polar surface area (TPSA) is 58.6 Å². The second kappa shape index (κ2) is 13.1. The van der Waals surface area contributed by atoms with Gasteiger partial charge in [0, 0.05) is 13.5 Å². The standard InChI is InChI=1S/C32H50N2O3Si/c1-24(2)23-38(31(3,4)5,32(6,7)8)37-30(36)28(22-26-19-15-12-16-20-26)34(10)29(35)27(33-9)21-25-17-13-11-14-18-25/h11-20,24,27-28,33H,21-23H2,1-10H3/t27-,28-/m0/s1. The summed E-state index contributed by atoms with van der Waals surface area (Å²) in [5.74, 6) is -0.0206. The average Bonchev–Trinajstić information content (AvgIpc) is 2.84. The van der Waals surface area contributed by atoms with E-state index in [0.717, 1.165) is 17.2 Å². The molecule has 0 heterocycles. The highest BCUT2D eigenvalue weighted by atomic mass is 28.4. The van der Waals surface area contributed by atoms with Crippen LogP contribution < -0.4 is 5.32 Å². The second-order valence-electron chi connectivity index (χ2n) is 13.0. The van der Waals surface area contributed by atoms with Crippen molar-refractivity contribution in [1.29, 1.82) is 0 Å². The van der Waals surface area contributed by atoms with Crippen molar-refractivity contribution < 1.29 is 14.0 Å². The Hall–Kier alpha value is -2.44. The van der Waals surface area contributed by atoms with Gasteiger partial charge in [0.25, 0.3) is 8.32 Å². The monoisotopic (exact) mass is 538 g/mol. The summed E-state index contributed by atoms with van der Waals surface area (Å²) in [6.45, 7) is 17.6. The Labute approximate surface area is 232 Å². The van der Waals surface area contributed by atoms with E-state index in [1.165, 1.54) is 0 Å². The van der Waals surface area contributed by atoms with Crippen molar-refractivity contribution in [2.45, 2.75) is 96.4 Å². The van der Waals surface area contributed by atoms with Crippen LogP contribution in [0.1, 0.15) is 66.5 Å². The summed E-state index contributed by atoms with van der Waals surface area (Å²) in [4.78, 5) is 29.7. The quantitative estimate of drug-likeness (QED) is 0.326. The third-order valence-electron chi connectivity index (χ3n) is 7.68. The highest BCUT2D eigenvalue weighted by Crippen LogP contribution is 2.55. The number of benzene rings is 2. The first kappa shape index (κ1) is 31.8. The lowest BCUT2D eigenvalue weighted by Crippen LogP contribution is -2.60. The van der Waals surface area contributed by atoms with E-state index in [1.807, 2.05) is 60.7 Å². The molecule has 0 unspecified atom stereocenters. The van der Waals surface area contributed by atoms with Crippen LogP contribution in [0, 0.1) is 5.92 Å². The van der Waals surface area contributed by atoms with E-state index in [0.29, 0.717) is 18.8 Å². The summed E-state index contributed by atoms with van der Waals surface area (Å²) >= 11 is 0. The largest absolute Gasteiger partial charge is 0.516 e. The van der Waals surface area contributed by atoms with Gasteiger partial charge in [0.2, 0.25) is 5.91 Å². The van der Waals surface area contributed by atoms with Crippen molar-refractivity contribution in [2.75, 3.05) is 14.1 Å².